The maximum absolute atomic E-state index is 11.7. The van der Waals surface area contributed by atoms with E-state index in [2.05, 4.69) is 0 Å². The van der Waals surface area contributed by atoms with Gasteiger partial charge in [0.2, 0.25) is 0 Å². The van der Waals surface area contributed by atoms with Crippen molar-refractivity contribution in [1.29, 1.82) is 0 Å². The molecule has 0 aliphatic rings. The zero-order chi connectivity index (χ0) is 12.4. The molecule has 5 heteroatoms. The summed E-state index contributed by atoms with van der Waals surface area (Å²) in [6, 6.07) is 5.30. The van der Waals surface area contributed by atoms with Gasteiger partial charge < -0.3 is 14.4 Å². The minimum absolute atomic E-state index is 0.0530. The van der Waals surface area contributed by atoms with Crippen molar-refractivity contribution in [2.24, 2.45) is 0 Å². The Labute approximate surface area is 98.9 Å². The normalized spacial score (nSPS) is 11.5. The average Bonchev–Trinajstić information content (AvgIpc) is 2.60. The Morgan fingerprint density at radius 1 is 1.41 bits per heavy atom. The molecular formula is C12H16N2O3. The van der Waals surface area contributed by atoms with Crippen LogP contribution in [0, 0.1) is 0 Å². The Morgan fingerprint density at radius 3 is 2.82 bits per heavy atom. The lowest BCUT2D eigenvalue weighted by molar-refractivity contribution is 0.282. The van der Waals surface area contributed by atoms with E-state index in [1.54, 1.807) is 22.8 Å². The molecule has 1 N–H and O–H groups in total. The molecular weight excluding hydrogens is 220 g/mol. The Kier molecular flexibility index (Phi) is 3.31. The lowest BCUT2D eigenvalue weighted by Crippen LogP contribution is -2.23. The van der Waals surface area contributed by atoms with E-state index in [9.17, 15) is 4.79 Å². The molecule has 0 aliphatic carbocycles. The van der Waals surface area contributed by atoms with Gasteiger partial charge in [-0.15, -0.1) is 0 Å². The number of aliphatic hydroxyl groups excluding tert-OH is 1. The van der Waals surface area contributed by atoms with Crippen molar-refractivity contribution in [3.05, 3.63) is 34.3 Å². The van der Waals surface area contributed by atoms with E-state index in [4.69, 9.17) is 9.52 Å². The van der Waals surface area contributed by atoms with Crippen LogP contribution in [-0.4, -0.2) is 35.2 Å². The Morgan fingerprint density at radius 2 is 2.18 bits per heavy atom. The fourth-order valence-electron chi connectivity index (χ4n) is 1.72. The van der Waals surface area contributed by atoms with Gasteiger partial charge in [-0.25, -0.2) is 4.79 Å². The van der Waals surface area contributed by atoms with Gasteiger partial charge in [-0.1, -0.05) is 6.07 Å². The van der Waals surface area contributed by atoms with Gasteiger partial charge in [0.15, 0.2) is 5.58 Å². The molecule has 0 saturated heterocycles. The number of fused-ring (bicyclic) bond motifs is 1. The largest absolute Gasteiger partial charge is 0.419 e. The van der Waals surface area contributed by atoms with Crippen molar-refractivity contribution >= 4 is 11.1 Å². The van der Waals surface area contributed by atoms with Gasteiger partial charge in [0.25, 0.3) is 0 Å². The molecule has 0 amide bonds. The molecule has 0 aliphatic heterocycles. The minimum Gasteiger partial charge on any atom is -0.408 e. The summed E-state index contributed by atoms with van der Waals surface area (Å²) in [5.41, 5.74) is 2.04. The molecule has 92 valence electrons. The Bertz CT molecular complexity index is 569. The lowest BCUT2D eigenvalue weighted by atomic mass is 10.2. The number of oxazole rings is 1. The van der Waals surface area contributed by atoms with E-state index < -0.39 is 0 Å². The van der Waals surface area contributed by atoms with Crippen molar-refractivity contribution < 1.29 is 9.52 Å². The summed E-state index contributed by atoms with van der Waals surface area (Å²) < 4.78 is 6.76. The summed E-state index contributed by atoms with van der Waals surface area (Å²) in [5.74, 6) is -0.350. The van der Waals surface area contributed by atoms with E-state index in [0.29, 0.717) is 12.1 Å². The topological polar surface area (TPSA) is 58.6 Å². The molecule has 17 heavy (non-hydrogen) atoms. The second-order valence-corrected chi connectivity index (χ2v) is 4.28. The Balaban J connectivity index is 2.42. The second-order valence-electron chi connectivity index (χ2n) is 4.28. The highest BCUT2D eigenvalue weighted by Gasteiger charge is 2.09. The molecule has 0 unspecified atom stereocenters. The highest BCUT2D eigenvalue weighted by Crippen LogP contribution is 2.15. The van der Waals surface area contributed by atoms with Crippen LogP contribution < -0.4 is 5.76 Å². The van der Waals surface area contributed by atoms with Crippen molar-refractivity contribution in [2.75, 3.05) is 20.6 Å². The van der Waals surface area contributed by atoms with Gasteiger partial charge in [0, 0.05) is 13.1 Å². The average molecular weight is 236 g/mol. The third-order valence-electron chi connectivity index (χ3n) is 2.69. The van der Waals surface area contributed by atoms with Crippen LogP contribution in [0.2, 0.25) is 0 Å². The first-order valence-electron chi connectivity index (χ1n) is 5.49. The lowest BCUT2D eigenvalue weighted by Gasteiger charge is -2.09. The highest BCUT2D eigenvalue weighted by molar-refractivity contribution is 5.73. The van der Waals surface area contributed by atoms with Crippen LogP contribution >= 0.6 is 0 Å². The predicted molar refractivity (Wildman–Crippen MR) is 65.0 cm³/mol. The van der Waals surface area contributed by atoms with E-state index in [-0.39, 0.29) is 12.4 Å². The standard InChI is InChI=1S/C12H16N2O3/c1-13(2)5-6-14-10-4-3-9(8-15)7-11(10)17-12(14)16/h3-4,7,15H,5-6,8H2,1-2H3. The van der Waals surface area contributed by atoms with E-state index in [1.807, 2.05) is 19.0 Å². The molecule has 0 bridgehead atoms. The molecule has 0 atom stereocenters. The maximum atomic E-state index is 11.7. The molecule has 2 rings (SSSR count). The number of nitrogens with zero attached hydrogens (tertiary/aromatic N) is 2. The van der Waals surface area contributed by atoms with Crippen molar-refractivity contribution in [1.82, 2.24) is 9.47 Å². The number of rotatable bonds is 4. The molecule has 1 aromatic heterocycles. The van der Waals surface area contributed by atoms with Gasteiger partial charge in [-0.3, -0.25) is 4.57 Å². The van der Waals surface area contributed by atoms with Crippen LogP contribution in [0.1, 0.15) is 5.56 Å². The molecule has 0 radical (unpaired) electrons. The summed E-state index contributed by atoms with van der Waals surface area (Å²) in [5, 5.41) is 9.02. The first kappa shape index (κ1) is 11.9. The number of hydrogen-bond acceptors (Lipinski definition) is 4. The minimum atomic E-state index is -0.350. The number of aromatic nitrogens is 1. The quantitative estimate of drug-likeness (QED) is 0.846. The van der Waals surface area contributed by atoms with Crippen LogP contribution in [-0.2, 0) is 13.2 Å². The molecule has 0 fully saturated rings. The van der Waals surface area contributed by atoms with Crippen LogP contribution in [0.4, 0.5) is 0 Å². The van der Waals surface area contributed by atoms with Crippen molar-refractivity contribution in [2.45, 2.75) is 13.2 Å². The SMILES string of the molecule is CN(C)CCn1c(=O)oc2cc(CO)ccc21. The Hall–Kier alpha value is -1.59. The molecule has 1 heterocycles. The zero-order valence-corrected chi connectivity index (χ0v) is 10.0. The highest BCUT2D eigenvalue weighted by atomic mass is 16.4. The monoisotopic (exact) mass is 236 g/mol. The molecule has 0 saturated carbocycles. The summed E-state index contributed by atoms with van der Waals surface area (Å²) in [6.07, 6.45) is 0. The van der Waals surface area contributed by atoms with E-state index in [1.165, 1.54) is 0 Å². The van der Waals surface area contributed by atoms with E-state index in [0.717, 1.165) is 17.6 Å². The van der Waals surface area contributed by atoms with Gasteiger partial charge >= 0.3 is 5.76 Å². The number of benzene rings is 1. The predicted octanol–water partition coefficient (Wildman–Crippen LogP) is 0.648. The molecule has 5 nitrogen and oxygen atoms in total. The number of aliphatic hydroxyl groups is 1. The van der Waals surface area contributed by atoms with Crippen molar-refractivity contribution in [3.63, 3.8) is 0 Å². The second kappa shape index (κ2) is 4.73. The third-order valence-corrected chi connectivity index (χ3v) is 2.69. The van der Waals surface area contributed by atoms with Gasteiger partial charge in [-0.2, -0.15) is 0 Å². The molecule has 1 aromatic carbocycles. The van der Waals surface area contributed by atoms with Crippen molar-refractivity contribution in [3.8, 4) is 0 Å². The third kappa shape index (κ3) is 2.40. The zero-order valence-electron chi connectivity index (χ0n) is 10.0. The summed E-state index contributed by atoms with van der Waals surface area (Å²) in [4.78, 5) is 13.7. The number of likely N-dealkylation sites (N-methyl/N-ethyl adjacent to an activating group) is 1. The van der Waals surface area contributed by atoms with Crippen LogP contribution in [0.5, 0.6) is 0 Å². The summed E-state index contributed by atoms with van der Waals surface area (Å²) in [7, 11) is 3.91. The molecule has 2 aromatic rings. The smallest absolute Gasteiger partial charge is 0.408 e. The van der Waals surface area contributed by atoms with Gasteiger partial charge in [0.1, 0.15) is 0 Å². The first-order valence-corrected chi connectivity index (χ1v) is 5.49. The number of hydrogen-bond donors (Lipinski definition) is 1. The summed E-state index contributed by atoms with van der Waals surface area (Å²) in [6.45, 7) is 1.32. The molecule has 0 spiro atoms. The summed E-state index contributed by atoms with van der Waals surface area (Å²) >= 11 is 0. The van der Waals surface area contributed by atoms with Crippen LogP contribution in [0.3, 0.4) is 0 Å². The fourth-order valence-corrected chi connectivity index (χ4v) is 1.72. The first-order chi connectivity index (χ1) is 8.11. The van der Waals surface area contributed by atoms with Gasteiger partial charge in [0.05, 0.1) is 12.1 Å². The van der Waals surface area contributed by atoms with Gasteiger partial charge in [-0.05, 0) is 31.8 Å². The maximum Gasteiger partial charge on any atom is 0.419 e. The van der Waals surface area contributed by atoms with Crippen LogP contribution in [0.25, 0.3) is 11.1 Å². The fraction of sp³-hybridized carbons (Fsp3) is 0.417. The van der Waals surface area contributed by atoms with E-state index >= 15 is 0 Å². The van der Waals surface area contributed by atoms with Crippen LogP contribution in [0.15, 0.2) is 27.4 Å².